The lowest BCUT2D eigenvalue weighted by atomic mass is 9.78. The molecule has 1 heterocycles. The van der Waals surface area contributed by atoms with Crippen molar-refractivity contribution < 1.29 is 9.53 Å². The van der Waals surface area contributed by atoms with E-state index in [1.807, 2.05) is 6.92 Å². The monoisotopic (exact) mass is 220 g/mol. The first-order valence-electron chi connectivity index (χ1n) is 6.26. The highest BCUT2D eigenvalue weighted by Gasteiger charge is 2.36. The van der Waals surface area contributed by atoms with E-state index in [-0.39, 0.29) is 17.8 Å². The molecule has 2 rings (SSSR count). The highest BCUT2D eigenvalue weighted by Crippen LogP contribution is 2.34. The summed E-state index contributed by atoms with van der Waals surface area (Å²) in [5, 5.41) is 0. The van der Waals surface area contributed by atoms with Crippen LogP contribution in [0.2, 0.25) is 0 Å². The number of carbonyl (C=O) groups is 1. The van der Waals surface area contributed by atoms with Gasteiger partial charge in [-0.1, -0.05) is 38.8 Å². The smallest absolute Gasteiger partial charge is 0.172 e. The van der Waals surface area contributed by atoms with Crippen molar-refractivity contribution in [2.75, 3.05) is 0 Å². The van der Waals surface area contributed by atoms with Gasteiger partial charge in [0.2, 0.25) is 0 Å². The molecule has 1 aliphatic heterocycles. The molecule has 2 nitrogen and oxygen atoms in total. The summed E-state index contributed by atoms with van der Waals surface area (Å²) >= 11 is 0. The number of Topliss-reactive ketones (excluding diaryl/α,β-unsaturated/α-hetero) is 1. The fourth-order valence-corrected chi connectivity index (χ4v) is 2.87. The topological polar surface area (TPSA) is 26.3 Å². The molecule has 0 aromatic carbocycles. The summed E-state index contributed by atoms with van der Waals surface area (Å²) in [6, 6.07) is 0. The summed E-state index contributed by atoms with van der Waals surface area (Å²) in [5.74, 6) is 0.744. The molecule has 1 aliphatic carbocycles. The van der Waals surface area contributed by atoms with Crippen LogP contribution in [0, 0.1) is 11.8 Å². The SMILES string of the molecule is C=CC1=CO[C@@H](C2CCCCC2)[C@@H](C)C1=O. The minimum absolute atomic E-state index is 0.0129. The molecule has 1 fully saturated rings. The van der Waals surface area contributed by atoms with Gasteiger partial charge in [0.15, 0.2) is 5.78 Å². The number of carbonyl (C=O) groups excluding carboxylic acids is 1. The van der Waals surface area contributed by atoms with E-state index in [1.165, 1.54) is 32.1 Å². The molecule has 0 unspecified atom stereocenters. The fraction of sp³-hybridized carbons (Fsp3) is 0.643. The summed E-state index contributed by atoms with van der Waals surface area (Å²) in [5.41, 5.74) is 0.625. The summed E-state index contributed by atoms with van der Waals surface area (Å²) < 4.78 is 5.75. The molecule has 16 heavy (non-hydrogen) atoms. The summed E-state index contributed by atoms with van der Waals surface area (Å²) in [4.78, 5) is 12.0. The van der Waals surface area contributed by atoms with Gasteiger partial charge >= 0.3 is 0 Å². The third-order valence-electron chi connectivity index (χ3n) is 3.88. The second kappa shape index (κ2) is 4.86. The molecule has 0 spiro atoms. The molecule has 0 bridgehead atoms. The van der Waals surface area contributed by atoms with Gasteiger partial charge in [0.1, 0.15) is 6.10 Å². The van der Waals surface area contributed by atoms with Gasteiger partial charge < -0.3 is 4.74 Å². The van der Waals surface area contributed by atoms with Crippen molar-refractivity contribution in [1.82, 2.24) is 0 Å². The molecule has 2 heteroatoms. The van der Waals surface area contributed by atoms with Gasteiger partial charge in [-0.25, -0.2) is 0 Å². The Morgan fingerprint density at radius 2 is 2.06 bits per heavy atom. The van der Waals surface area contributed by atoms with Crippen LogP contribution in [0.4, 0.5) is 0 Å². The maximum atomic E-state index is 12.0. The molecule has 2 atom stereocenters. The lowest BCUT2D eigenvalue weighted by molar-refractivity contribution is -0.126. The first kappa shape index (κ1) is 11.4. The second-order valence-corrected chi connectivity index (χ2v) is 4.93. The number of rotatable bonds is 2. The van der Waals surface area contributed by atoms with E-state index in [1.54, 1.807) is 12.3 Å². The number of hydrogen-bond acceptors (Lipinski definition) is 2. The van der Waals surface area contributed by atoms with E-state index in [0.29, 0.717) is 11.5 Å². The number of hydrogen-bond donors (Lipinski definition) is 0. The molecular formula is C14H20O2. The average Bonchev–Trinajstić information content (AvgIpc) is 2.34. The molecule has 0 radical (unpaired) electrons. The molecular weight excluding hydrogens is 200 g/mol. The number of ether oxygens (including phenoxy) is 1. The van der Waals surface area contributed by atoms with E-state index in [0.717, 1.165) is 0 Å². The lowest BCUT2D eigenvalue weighted by Gasteiger charge is -2.35. The molecule has 0 amide bonds. The van der Waals surface area contributed by atoms with Crippen LogP contribution in [0.5, 0.6) is 0 Å². The Hall–Kier alpha value is -1.05. The quantitative estimate of drug-likeness (QED) is 0.714. The van der Waals surface area contributed by atoms with Crippen LogP contribution >= 0.6 is 0 Å². The molecule has 2 aliphatic rings. The summed E-state index contributed by atoms with van der Waals surface area (Å²) in [7, 11) is 0. The van der Waals surface area contributed by atoms with Gasteiger partial charge in [0, 0.05) is 0 Å². The molecule has 0 N–H and O–H groups in total. The van der Waals surface area contributed by atoms with Crippen LogP contribution in [0.1, 0.15) is 39.0 Å². The summed E-state index contributed by atoms with van der Waals surface area (Å²) in [6.45, 7) is 5.62. The Kier molecular flexibility index (Phi) is 3.47. The Labute approximate surface area is 97.4 Å². The van der Waals surface area contributed by atoms with E-state index >= 15 is 0 Å². The largest absolute Gasteiger partial charge is 0.496 e. The predicted molar refractivity (Wildman–Crippen MR) is 63.9 cm³/mol. The fourth-order valence-electron chi connectivity index (χ4n) is 2.87. The first-order chi connectivity index (χ1) is 7.74. The zero-order chi connectivity index (χ0) is 11.5. The van der Waals surface area contributed by atoms with E-state index in [2.05, 4.69) is 6.58 Å². The molecule has 88 valence electrons. The Balaban J connectivity index is 2.09. The van der Waals surface area contributed by atoms with Gasteiger partial charge in [0.05, 0.1) is 17.8 Å². The molecule has 1 saturated carbocycles. The predicted octanol–water partition coefficient (Wildman–Crippen LogP) is 3.24. The maximum Gasteiger partial charge on any atom is 0.172 e. The Bertz CT molecular complexity index is 311. The third kappa shape index (κ3) is 2.06. The van der Waals surface area contributed by atoms with E-state index in [9.17, 15) is 4.79 Å². The summed E-state index contributed by atoms with van der Waals surface area (Å²) in [6.07, 6.45) is 9.60. The van der Waals surface area contributed by atoms with E-state index in [4.69, 9.17) is 4.74 Å². The van der Waals surface area contributed by atoms with Crippen LogP contribution in [-0.4, -0.2) is 11.9 Å². The van der Waals surface area contributed by atoms with Gasteiger partial charge in [-0.3, -0.25) is 4.79 Å². The zero-order valence-electron chi connectivity index (χ0n) is 9.95. The minimum atomic E-state index is -0.0129. The highest BCUT2D eigenvalue weighted by atomic mass is 16.5. The molecule has 0 aromatic heterocycles. The molecule has 0 aromatic rings. The maximum absolute atomic E-state index is 12.0. The van der Waals surface area contributed by atoms with Crippen molar-refractivity contribution in [3.8, 4) is 0 Å². The van der Waals surface area contributed by atoms with E-state index < -0.39 is 0 Å². The molecule has 0 saturated heterocycles. The van der Waals surface area contributed by atoms with Gasteiger partial charge in [-0.2, -0.15) is 0 Å². The second-order valence-electron chi connectivity index (χ2n) is 4.93. The Morgan fingerprint density at radius 3 is 2.69 bits per heavy atom. The minimum Gasteiger partial charge on any atom is -0.496 e. The van der Waals surface area contributed by atoms with Crippen molar-refractivity contribution in [2.45, 2.75) is 45.1 Å². The van der Waals surface area contributed by atoms with Crippen LogP contribution in [0.3, 0.4) is 0 Å². The Morgan fingerprint density at radius 1 is 1.38 bits per heavy atom. The van der Waals surface area contributed by atoms with Crippen molar-refractivity contribution in [1.29, 1.82) is 0 Å². The highest BCUT2D eigenvalue weighted by molar-refractivity contribution is 6.00. The third-order valence-corrected chi connectivity index (χ3v) is 3.88. The van der Waals surface area contributed by atoms with Crippen molar-refractivity contribution >= 4 is 5.78 Å². The lowest BCUT2D eigenvalue weighted by Crippen LogP contribution is -2.38. The number of ketones is 1. The van der Waals surface area contributed by atoms with Crippen LogP contribution in [0.25, 0.3) is 0 Å². The normalized spacial score (nSPS) is 31.8. The van der Waals surface area contributed by atoms with Gasteiger partial charge in [-0.05, 0) is 18.8 Å². The van der Waals surface area contributed by atoms with Crippen molar-refractivity contribution in [3.05, 3.63) is 24.5 Å². The van der Waals surface area contributed by atoms with Gasteiger partial charge in [-0.15, -0.1) is 0 Å². The van der Waals surface area contributed by atoms with Gasteiger partial charge in [0.25, 0.3) is 0 Å². The number of allylic oxidation sites excluding steroid dienone is 2. The zero-order valence-corrected chi connectivity index (χ0v) is 9.95. The van der Waals surface area contributed by atoms with Crippen LogP contribution in [0.15, 0.2) is 24.5 Å². The average molecular weight is 220 g/mol. The standard InChI is InChI=1S/C14H20O2/c1-3-11-9-16-14(10(2)13(11)15)12-7-5-4-6-8-12/h3,9-10,12,14H,1,4-8H2,2H3/t10-,14+/m0/s1. The van der Waals surface area contributed by atoms with Crippen LogP contribution in [-0.2, 0) is 9.53 Å². The first-order valence-corrected chi connectivity index (χ1v) is 6.26. The van der Waals surface area contributed by atoms with Crippen molar-refractivity contribution in [3.63, 3.8) is 0 Å². The van der Waals surface area contributed by atoms with Crippen molar-refractivity contribution in [2.24, 2.45) is 11.8 Å². The van der Waals surface area contributed by atoms with Crippen LogP contribution < -0.4 is 0 Å².